The van der Waals surface area contributed by atoms with Crippen LogP contribution in [-0.4, -0.2) is 5.91 Å². The highest BCUT2D eigenvalue weighted by Crippen LogP contribution is 2.39. The Kier molecular flexibility index (Phi) is 3.87. The van der Waals surface area contributed by atoms with Crippen LogP contribution in [0.4, 0.5) is 5.00 Å². The van der Waals surface area contributed by atoms with Crippen LogP contribution in [0.25, 0.3) is 0 Å². The minimum Gasteiger partial charge on any atom is -0.444 e. The topological polar surface area (TPSA) is 66.0 Å². The van der Waals surface area contributed by atoms with Crippen LogP contribution in [0, 0.1) is 17.2 Å². The van der Waals surface area contributed by atoms with E-state index >= 15 is 0 Å². The second-order valence-electron chi connectivity index (χ2n) is 5.23. The molecule has 2 aromatic heterocycles. The van der Waals surface area contributed by atoms with Gasteiger partial charge in [0.15, 0.2) is 10.4 Å². The molecule has 1 N–H and O–H groups in total. The van der Waals surface area contributed by atoms with Crippen molar-refractivity contribution in [3.63, 3.8) is 0 Å². The maximum Gasteiger partial charge on any atom is 0.292 e. The fourth-order valence-corrected chi connectivity index (χ4v) is 4.22. The smallest absolute Gasteiger partial charge is 0.292 e. The lowest BCUT2D eigenvalue weighted by atomic mass is 9.89. The van der Waals surface area contributed by atoms with Gasteiger partial charge >= 0.3 is 0 Å². The number of nitrogens with one attached hydrogen (secondary N) is 1. The second kappa shape index (κ2) is 5.66. The van der Waals surface area contributed by atoms with Gasteiger partial charge < -0.3 is 9.73 Å². The van der Waals surface area contributed by atoms with Gasteiger partial charge in [-0.2, -0.15) is 5.26 Å². The van der Waals surface area contributed by atoms with Gasteiger partial charge in [0.2, 0.25) is 0 Å². The minimum absolute atomic E-state index is 0.227. The average molecular weight is 365 g/mol. The monoisotopic (exact) mass is 364 g/mol. The summed E-state index contributed by atoms with van der Waals surface area (Å²) in [7, 11) is 0. The first-order valence-corrected chi connectivity index (χ1v) is 8.30. The van der Waals surface area contributed by atoms with E-state index in [1.807, 2.05) is 0 Å². The third-order valence-electron chi connectivity index (χ3n) is 3.65. The van der Waals surface area contributed by atoms with Gasteiger partial charge in [-0.3, -0.25) is 4.79 Å². The molecule has 108 valence electrons. The van der Waals surface area contributed by atoms with E-state index < -0.39 is 0 Å². The summed E-state index contributed by atoms with van der Waals surface area (Å²) in [6.45, 7) is 2.22. The molecule has 0 aliphatic heterocycles. The summed E-state index contributed by atoms with van der Waals surface area (Å²) in [6, 6.07) is 5.50. The molecule has 2 heterocycles. The Morgan fingerprint density at radius 3 is 3.05 bits per heavy atom. The number of carbonyl (C=O) groups is 1. The van der Waals surface area contributed by atoms with Crippen LogP contribution in [0.2, 0.25) is 0 Å². The molecule has 1 aliphatic rings. The van der Waals surface area contributed by atoms with Crippen LogP contribution in [0.5, 0.6) is 0 Å². The molecule has 3 rings (SSSR count). The number of furan rings is 1. The number of thiophene rings is 1. The zero-order chi connectivity index (χ0) is 15.0. The van der Waals surface area contributed by atoms with E-state index in [1.165, 1.54) is 16.2 Å². The highest BCUT2D eigenvalue weighted by atomic mass is 79.9. The van der Waals surface area contributed by atoms with E-state index in [0.29, 0.717) is 21.2 Å². The lowest BCUT2D eigenvalue weighted by molar-refractivity contribution is 0.0996. The Morgan fingerprint density at radius 2 is 2.38 bits per heavy atom. The van der Waals surface area contributed by atoms with Crippen molar-refractivity contribution in [2.24, 2.45) is 5.92 Å². The third-order valence-corrected chi connectivity index (χ3v) is 5.24. The first-order chi connectivity index (χ1) is 10.1. The molecule has 0 saturated heterocycles. The number of fused-ring (bicyclic) bond motifs is 1. The predicted molar refractivity (Wildman–Crippen MR) is 84.6 cm³/mol. The van der Waals surface area contributed by atoms with E-state index in [9.17, 15) is 10.1 Å². The van der Waals surface area contributed by atoms with E-state index in [-0.39, 0.29) is 11.7 Å². The van der Waals surface area contributed by atoms with Gasteiger partial charge in [0.1, 0.15) is 11.1 Å². The second-order valence-corrected chi connectivity index (χ2v) is 7.11. The molecule has 0 saturated carbocycles. The van der Waals surface area contributed by atoms with Gasteiger partial charge in [0, 0.05) is 4.88 Å². The third kappa shape index (κ3) is 2.76. The van der Waals surface area contributed by atoms with Crippen LogP contribution in [-0.2, 0) is 12.8 Å². The maximum absolute atomic E-state index is 12.1. The number of halogens is 1. The number of nitriles is 1. The molecule has 1 atom stereocenters. The zero-order valence-electron chi connectivity index (χ0n) is 11.4. The summed E-state index contributed by atoms with van der Waals surface area (Å²) in [4.78, 5) is 13.4. The van der Waals surface area contributed by atoms with Gasteiger partial charge in [0.05, 0.1) is 5.56 Å². The Morgan fingerprint density at radius 1 is 1.57 bits per heavy atom. The van der Waals surface area contributed by atoms with Gasteiger partial charge in [-0.15, -0.1) is 11.3 Å². The van der Waals surface area contributed by atoms with Crippen molar-refractivity contribution in [2.75, 3.05) is 5.32 Å². The van der Waals surface area contributed by atoms with E-state index in [1.54, 1.807) is 12.1 Å². The van der Waals surface area contributed by atoms with Crippen LogP contribution in [0.3, 0.4) is 0 Å². The summed E-state index contributed by atoms with van der Waals surface area (Å²) >= 11 is 4.68. The predicted octanol–water partition coefficient (Wildman–Crippen LogP) is 4.35. The van der Waals surface area contributed by atoms with Gasteiger partial charge in [-0.25, -0.2) is 0 Å². The van der Waals surface area contributed by atoms with E-state index in [2.05, 4.69) is 34.2 Å². The van der Waals surface area contributed by atoms with Gasteiger partial charge in [-0.1, -0.05) is 6.92 Å². The highest BCUT2D eigenvalue weighted by molar-refractivity contribution is 9.10. The van der Waals surface area contributed by atoms with Gasteiger partial charge in [0.25, 0.3) is 5.91 Å². The fraction of sp³-hybridized carbons (Fsp3) is 0.333. The summed E-state index contributed by atoms with van der Waals surface area (Å²) in [6.07, 6.45) is 2.99. The Hall–Kier alpha value is -1.58. The quantitative estimate of drug-likeness (QED) is 0.860. The lowest BCUT2D eigenvalue weighted by Gasteiger charge is -2.17. The molecular weight excluding hydrogens is 352 g/mol. The number of hydrogen-bond acceptors (Lipinski definition) is 4. The molecule has 0 spiro atoms. The number of nitrogens with zero attached hydrogens (tertiary/aromatic N) is 1. The standard InChI is InChI=1S/C15H13BrN2O2S/c1-8-2-3-9-10(7-17)15(21-12(9)6-8)18-14(19)11-4-5-13(16)20-11/h4-5,8H,2-3,6H2,1H3,(H,18,19)/t8-/m1/s1. The molecule has 1 amide bonds. The molecule has 2 aromatic rings. The molecule has 6 heteroatoms. The number of carbonyl (C=O) groups excluding carboxylic acids is 1. The van der Waals surface area contributed by atoms with E-state index in [0.717, 1.165) is 24.8 Å². The minimum atomic E-state index is -0.330. The van der Waals surface area contributed by atoms with E-state index in [4.69, 9.17) is 4.42 Å². The SMILES string of the molecule is C[C@@H]1CCc2c(sc(NC(=O)c3ccc(Br)o3)c2C#N)C1. The number of anilines is 1. The Bertz CT molecular complexity index is 741. The molecule has 0 unspecified atom stereocenters. The first kappa shape index (κ1) is 14.4. The van der Waals surface area contributed by atoms with Crippen molar-refractivity contribution in [1.82, 2.24) is 0 Å². The number of rotatable bonds is 2. The first-order valence-electron chi connectivity index (χ1n) is 6.69. The molecular formula is C15H13BrN2O2S. The van der Waals surface area contributed by atoms with Crippen molar-refractivity contribution in [2.45, 2.75) is 26.2 Å². The summed E-state index contributed by atoms with van der Waals surface area (Å²) in [5, 5.41) is 12.8. The van der Waals surface area contributed by atoms with Gasteiger partial charge in [-0.05, 0) is 58.8 Å². The number of hydrogen-bond donors (Lipinski definition) is 1. The van der Waals surface area contributed by atoms with Crippen LogP contribution < -0.4 is 5.32 Å². The Labute approximate surface area is 134 Å². The molecule has 21 heavy (non-hydrogen) atoms. The fourth-order valence-electron chi connectivity index (χ4n) is 2.56. The molecule has 0 radical (unpaired) electrons. The molecule has 0 fully saturated rings. The molecule has 1 aliphatic carbocycles. The van der Waals surface area contributed by atoms with Crippen molar-refractivity contribution >= 4 is 38.2 Å². The highest BCUT2D eigenvalue weighted by Gasteiger charge is 2.25. The van der Waals surface area contributed by atoms with Crippen molar-refractivity contribution in [3.05, 3.63) is 38.6 Å². The normalized spacial score (nSPS) is 17.1. The largest absolute Gasteiger partial charge is 0.444 e. The van der Waals surface area contributed by atoms with Crippen molar-refractivity contribution < 1.29 is 9.21 Å². The summed E-state index contributed by atoms with van der Waals surface area (Å²) in [5.41, 5.74) is 1.72. The lowest BCUT2D eigenvalue weighted by Crippen LogP contribution is -2.11. The maximum atomic E-state index is 12.1. The van der Waals surface area contributed by atoms with Crippen LogP contribution in [0.15, 0.2) is 21.2 Å². The van der Waals surface area contributed by atoms with Crippen LogP contribution >= 0.6 is 27.3 Å². The van der Waals surface area contributed by atoms with Crippen molar-refractivity contribution in [1.29, 1.82) is 5.26 Å². The Balaban J connectivity index is 1.89. The average Bonchev–Trinajstić information content (AvgIpc) is 3.01. The molecule has 0 aromatic carbocycles. The molecule has 0 bridgehead atoms. The van der Waals surface area contributed by atoms with Crippen molar-refractivity contribution in [3.8, 4) is 6.07 Å². The summed E-state index contributed by atoms with van der Waals surface area (Å²) < 4.78 is 5.74. The van der Waals surface area contributed by atoms with Crippen LogP contribution in [0.1, 0.15) is 39.9 Å². The zero-order valence-corrected chi connectivity index (χ0v) is 13.8. The molecule has 4 nitrogen and oxygen atoms in total. The number of amides is 1. The summed E-state index contributed by atoms with van der Waals surface area (Å²) in [5.74, 6) is 0.529.